The maximum Gasteiger partial charge on any atom is 0.435 e. The van der Waals surface area contributed by atoms with E-state index in [1.807, 2.05) is 0 Å². The van der Waals surface area contributed by atoms with Crippen LogP contribution in [-0.4, -0.2) is 35.4 Å². The lowest BCUT2D eigenvalue weighted by Gasteiger charge is -2.29. The van der Waals surface area contributed by atoms with Crippen LogP contribution in [0.1, 0.15) is 47.3 Å². The van der Waals surface area contributed by atoms with Gasteiger partial charge < -0.3 is 5.32 Å². The van der Waals surface area contributed by atoms with Crippen molar-refractivity contribution in [1.29, 1.82) is 0 Å². The molecule has 1 N–H and O–H groups in total. The lowest BCUT2D eigenvalue weighted by molar-refractivity contribution is -0.141. The minimum absolute atomic E-state index is 0.0443. The second-order valence-corrected chi connectivity index (χ2v) is 9.81. The quantitative estimate of drug-likeness (QED) is 0.668. The molecule has 2 aromatic rings. The Bertz CT molecular complexity index is 1100. The van der Waals surface area contributed by atoms with E-state index >= 15 is 0 Å². The van der Waals surface area contributed by atoms with Crippen molar-refractivity contribution in [3.63, 3.8) is 0 Å². The third kappa shape index (κ3) is 5.08. The summed E-state index contributed by atoms with van der Waals surface area (Å²) in [6.07, 6.45) is -8.17. The highest BCUT2D eigenvalue weighted by molar-refractivity contribution is 7.92. The van der Waals surface area contributed by atoms with Crippen LogP contribution >= 0.6 is 0 Å². The number of aromatic nitrogens is 2. The molecule has 0 radical (unpaired) electrons. The molecule has 0 aliphatic heterocycles. The Kier molecular flexibility index (Phi) is 6.33. The van der Waals surface area contributed by atoms with Gasteiger partial charge in [0.05, 0.1) is 21.3 Å². The molecule has 1 fully saturated rings. The number of hydrogen-bond acceptors (Lipinski definition) is 4. The van der Waals surface area contributed by atoms with Gasteiger partial charge in [-0.05, 0) is 43.9 Å². The molecule has 0 bridgehead atoms. The predicted octanol–water partition coefficient (Wildman–Crippen LogP) is 3.97. The Morgan fingerprint density at radius 3 is 2.25 bits per heavy atom. The first-order chi connectivity index (χ1) is 14.7. The number of halogens is 6. The summed E-state index contributed by atoms with van der Waals surface area (Å²) >= 11 is 0. The lowest BCUT2D eigenvalue weighted by Crippen LogP contribution is -2.40. The van der Waals surface area contributed by atoms with Crippen LogP contribution in [0.5, 0.6) is 0 Å². The number of sulfone groups is 1. The minimum Gasteiger partial charge on any atom is -0.349 e. The lowest BCUT2D eigenvalue weighted by atomic mass is 9.94. The smallest absolute Gasteiger partial charge is 0.349 e. The largest absolute Gasteiger partial charge is 0.435 e. The second kappa shape index (κ2) is 8.41. The van der Waals surface area contributed by atoms with Crippen LogP contribution in [0.4, 0.5) is 26.3 Å². The maximum atomic E-state index is 13.1. The van der Waals surface area contributed by atoms with Gasteiger partial charge in [-0.25, -0.2) is 8.42 Å². The van der Waals surface area contributed by atoms with Crippen molar-refractivity contribution in [1.82, 2.24) is 15.1 Å². The van der Waals surface area contributed by atoms with Crippen molar-refractivity contribution in [3.8, 4) is 0 Å². The van der Waals surface area contributed by atoms with Crippen molar-refractivity contribution in [2.45, 2.75) is 54.2 Å². The summed E-state index contributed by atoms with van der Waals surface area (Å²) in [6.45, 7) is 0. The fraction of sp³-hybridized carbons (Fsp3) is 0.474. The molecule has 1 aromatic carbocycles. The molecule has 13 heteroatoms. The molecule has 0 spiro atoms. The number of carbonyl (C=O) groups excluding carboxylic acids is 1. The molecule has 6 nitrogen and oxygen atoms in total. The molecular weight excluding hydrogens is 464 g/mol. The van der Waals surface area contributed by atoms with Crippen molar-refractivity contribution < 1.29 is 39.6 Å². The molecule has 32 heavy (non-hydrogen) atoms. The number of aryl methyl sites for hydroxylation is 1. The second-order valence-electron chi connectivity index (χ2n) is 7.58. The number of alkyl halides is 6. The molecule has 0 atom stereocenters. The van der Waals surface area contributed by atoms with E-state index in [4.69, 9.17) is 0 Å². The normalized spacial score (nSPS) is 20.2. The van der Waals surface area contributed by atoms with Crippen LogP contribution in [0.15, 0.2) is 35.4 Å². The number of nitrogens with one attached hydrogen (secondary N) is 1. The molecule has 1 aliphatic carbocycles. The Labute approximate surface area is 179 Å². The fourth-order valence-electron chi connectivity index (χ4n) is 3.69. The number of carbonyl (C=O) groups is 1. The number of rotatable bonds is 4. The third-order valence-corrected chi connectivity index (χ3v) is 7.54. The minimum atomic E-state index is -4.81. The molecular formula is C19H19F6N3O3S. The summed E-state index contributed by atoms with van der Waals surface area (Å²) in [5, 5.41) is 4.78. The van der Waals surface area contributed by atoms with Gasteiger partial charge in [0.2, 0.25) is 0 Å². The Morgan fingerprint density at radius 2 is 1.69 bits per heavy atom. The van der Waals surface area contributed by atoms with Gasteiger partial charge in [-0.1, -0.05) is 6.07 Å². The van der Waals surface area contributed by atoms with E-state index in [0.29, 0.717) is 6.07 Å². The summed E-state index contributed by atoms with van der Waals surface area (Å²) in [7, 11) is -2.80. The number of amides is 1. The highest BCUT2D eigenvalue weighted by atomic mass is 32.2. The van der Waals surface area contributed by atoms with Crippen molar-refractivity contribution in [3.05, 3.63) is 47.3 Å². The number of benzene rings is 1. The first-order valence-electron chi connectivity index (χ1n) is 9.52. The van der Waals surface area contributed by atoms with Crippen LogP contribution in [-0.2, 0) is 29.2 Å². The topological polar surface area (TPSA) is 81.1 Å². The van der Waals surface area contributed by atoms with E-state index < -0.39 is 61.1 Å². The van der Waals surface area contributed by atoms with Gasteiger partial charge >= 0.3 is 12.4 Å². The first kappa shape index (κ1) is 24.1. The van der Waals surface area contributed by atoms with E-state index in [-0.39, 0.29) is 25.7 Å². The molecule has 1 saturated carbocycles. The average molecular weight is 483 g/mol. The van der Waals surface area contributed by atoms with Gasteiger partial charge in [-0.15, -0.1) is 0 Å². The van der Waals surface area contributed by atoms with E-state index in [1.54, 1.807) is 0 Å². The zero-order chi connectivity index (χ0) is 23.9. The fourth-order valence-corrected chi connectivity index (χ4v) is 5.52. The summed E-state index contributed by atoms with van der Waals surface area (Å²) < 4.78 is 104. The Balaban J connectivity index is 1.68. The molecule has 0 unspecified atom stereocenters. The van der Waals surface area contributed by atoms with Crippen molar-refractivity contribution in [2.75, 3.05) is 0 Å². The third-order valence-electron chi connectivity index (χ3n) is 5.28. The van der Waals surface area contributed by atoms with Gasteiger partial charge in [-0.2, -0.15) is 31.4 Å². The van der Waals surface area contributed by atoms with E-state index in [1.165, 1.54) is 7.05 Å². The summed E-state index contributed by atoms with van der Waals surface area (Å²) in [5.74, 6) is -0.977. The highest BCUT2D eigenvalue weighted by Crippen LogP contribution is 2.34. The van der Waals surface area contributed by atoms with Crippen molar-refractivity contribution >= 4 is 15.7 Å². The van der Waals surface area contributed by atoms with Crippen LogP contribution in [0, 0.1) is 0 Å². The van der Waals surface area contributed by atoms with Gasteiger partial charge in [0.1, 0.15) is 0 Å². The predicted molar refractivity (Wildman–Crippen MR) is 100 cm³/mol. The molecule has 1 aliphatic rings. The SMILES string of the molecule is Cn1cc(C(=O)N[C@H]2CC[C@H](S(=O)(=O)c3cccc(C(F)(F)F)c3)CC2)c(C(F)(F)F)n1. The highest BCUT2D eigenvalue weighted by Gasteiger charge is 2.40. The zero-order valence-electron chi connectivity index (χ0n) is 16.7. The monoisotopic (exact) mass is 483 g/mol. The van der Waals surface area contributed by atoms with Crippen LogP contribution < -0.4 is 5.32 Å². The van der Waals surface area contributed by atoms with Gasteiger partial charge in [-0.3, -0.25) is 9.48 Å². The zero-order valence-corrected chi connectivity index (χ0v) is 17.5. The van der Waals surface area contributed by atoms with Gasteiger partial charge in [0.25, 0.3) is 5.91 Å². The number of hydrogen-bond donors (Lipinski definition) is 1. The summed E-state index contributed by atoms with van der Waals surface area (Å²) in [4.78, 5) is 11.9. The average Bonchev–Trinajstić information content (AvgIpc) is 3.10. The van der Waals surface area contributed by atoms with Gasteiger partial charge in [0.15, 0.2) is 15.5 Å². The van der Waals surface area contributed by atoms with Crippen LogP contribution in [0.25, 0.3) is 0 Å². The van der Waals surface area contributed by atoms with Crippen LogP contribution in [0.2, 0.25) is 0 Å². The first-order valence-corrected chi connectivity index (χ1v) is 11.1. The summed E-state index contributed by atoms with van der Waals surface area (Å²) in [6, 6.07) is 2.91. The van der Waals surface area contributed by atoms with E-state index in [9.17, 15) is 39.6 Å². The van der Waals surface area contributed by atoms with Crippen LogP contribution in [0.3, 0.4) is 0 Å². The molecule has 1 aromatic heterocycles. The van der Waals surface area contributed by atoms with Crippen molar-refractivity contribution in [2.24, 2.45) is 7.05 Å². The molecule has 176 valence electrons. The van der Waals surface area contributed by atoms with E-state index in [0.717, 1.165) is 29.1 Å². The summed E-state index contributed by atoms with van der Waals surface area (Å²) in [5.41, 5.74) is -3.03. The van der Waals surface area contributed by atoms with Gasteiger partial charge in [0, 0.05) is 19.3 Å². The number of nitrogens with zero attached hydrogens (tertiary/aromatic N) is 2. The van der Waals surface area contributed by atoms with E-state index in [2.05, 4.69) is 10.4 Å². The Morgan fingerprint density at radius 1 is 1.06 bits per heavy atom. The Hall–Kier alpha value is -2.57. The maximum absolute atomic E-state index is 13.1. The molecule has 1 heterocycles. The standard InChI is InChI=1S/C19H19F6N3O3S/c1-28-10-15(16(27-28)19(23,24)25)17(29)26-12-5-7-13(8-6-12)32(30,31)14-4-2-3-11(9-14)18(20,21)22/h2-4,9-10,12-13H,5-8H2,1H3,(H,26,29)/t12-,13-. The molecule has 3 rings (SSSR count). The molecule has 1 amide bonds. The molecule has 0 saturated heterocycles.